The molecular formula is C17H21N3O. The van der Waals surface area contributed by atoms with E-state index in [2.05, 4.69) is 53.2 Å². The van der Waals surface area contributed by atoms with Gasteiger partial charge in [-0.05, 0) is 36.6 Å². The van der Waals surface area contributed by atoms with E-state index in [1.165, 1.54) is 16.7 Å². The Morgan fingerprint density at radius 1 is 1.19 bits per heavy atom. The van der Waals surface area contributed by atoms with Gasteiger partial charge in [0.15, 0.2) is 0 Å². The largest absolute Gasteiger partial charge is 0.379 e. The molecule has 0 atom stereocenters. The van der Waals surface area contributed by atoms with Crippen molar-refractivity contribution in [1.29, 1.82) is 0 Å². The Hall–Kier alpha value is -1.78. The second kappa shape index (κ2) is 6.33. The molecule has 0 radical (unpaired) electrons. The van der Waals surface area contributed by atoms with Crippen LogP contribution in [-0.4, -0.2) is 41.4 Å². The highest BCUT2D eigenvalue weighted by Gasteiger charge is 2.12. The minimum Gasteiger partial charge on any atom is -0.379 e. The average molecular weight is 283 g/mol. The molecule has 0 aliphatic carbocycles. The molecule has 1 aromatic carbocycles. The van der Waals surface area contributed by atoms with Crippen molar-refractivity contribution in [2.75, 3.05) is 26.3 Å². The maximum absolute atomic E-state index is 5.40. The lowest BCUT2D eigenvalue weighted by atomic mass is 10.0. The molecule has 21 heavy (non-hydrogen) atoms. The second-order valence-electron chi connectivity index (χ2n) is 5.59. The predicted molar refractivity (Wildman–Crippen MR) is 83.0 cm³/mol. The van der Waals surface area contributed by atoms with Crippen LogP contribution in [0.2, 0.25) is 0 Å². The molecule has 3 rings (SSSR count). The number of rotatable bonds is 3. The van der Waals surface area contributed by atoms with Crippen molar-refractivity contribution < 1.29 is 4.74 Å². The Labute approximate surface area is 125 Å². The lowest BCUT2D eigenvalue weighted by molar-refractivity contribution is 0.0342. The standard InChI is InChI=1S/C17H21N3O/c1-13-11-18-19-17(14(13)2)16-5-3-4-15(10-16)12-20-6-8-21-9-7-20/h3-5,10-11H,6-9,12H2,1-2H3. The topological polar surface area (TPSA) is 38.2 Å². The van der Waals surface area contributed by atoms with Crippen LogP contribution < -0.4 is 0 Å². The number of benzene rings is 1. The molecule has 1 aliphatic rings. The Balaban J connectivity index is 1.84. The van der Waals surface area contributed by atoms with Crippen LogP contribution in [0.5, 0.6) is 0 Å². The minimum atomic E-state index is 0.835. The molecule has 0 amide bonds. The van der Waals surface area contributed by atoms with Crippen molar-refractivity contribution in [3.05, 3.63) is 47.2 Å². The summed E-state index contributed by atoms with van der Waals surface area (Å²) in [7, 11) is 0. The van der Waals surface area contributed by atoms with Gasteiger partial charge >= 0.3 is 0 Å². The van der Waals surface area contributed by atoms with Crippen LogP contribution in [0, 0.1) is 13.8 Å². The van der Waals surface area contributed by atoms with Crippen LogP contribution in [0.25, 0.3) is 11.3 Å². The number of aromatic nitrogens is 2. The van der Waals surface area contributed by atoms with Crippen molar-refractivity contribution in [3.63, 3.8) is 0 Å². The third kappa shape index (κ3) is 3.28. The molecular weight excluding hydrogens is 262 g/mol. The molecule has 0 unspecified atom stereocenters. The van der Waals surface area contributed by atoms with E-state index in [4.69, 9.17) is 4.74 Å². The van der Waals surface area contributed by atoms with Gasteiger partial charge in [-0.25, -0.2) is 0 Å². The molecule has 0 bridgehead atoms. The van der Waals surface area contributed by atoms with Gasteiger partial charge in [0.2, 0.25) is 0 Å². The zero-order chi connectivity index (χ0) is 14.7. The Morgan fingerprint density at radius 3 is 2.81 bits per heavy atom. The molecule has 2 heterocycles. The van der Waals surface area contributed by atoms with Crippen LogP contribution >= 0.6 is 0 Å². The number of nitrogens with zero attached hydrogens (tertiary/aromatic N) is 3. The molecule has 1 aliphatic heterocycles. The van der Waals surface area contributed by atoms with E-state index in [0.29, 0.717) is 0 Å². The minimum absolute atomic E-state index is 0.835. The van der Waals surface area contributed by atoms with Crippen LogP contribution in [-0.2, 0) is 11.3 Å². The molecule has 1 fully saturated rings. The third-order valence-corrected chi connectivity index (χ3v) is 4.07. The van der Waals surface area contributed by atoms with Crippen molar-refractivity contribution in [3.8, 4) is 11.3 Å². The molecule has 4 nitrogen and oxygen atoms in total. The van der Waals surface area contributed by atoms with Gasteiger partial charge in [0, 0.05) is 25.2 Å². The van der Waals surface area contributed by atoms with Crippen LogP contribution in [0.4, 0.5) is 0 Å². The van der Waals surface area contributed by atoms with E-state index in [0.717, 1.165) is 44.1 Å². The summed E-state index contributed by atoms with van der Waals surface area (Å²) in [5.41, 5.74) is 5.83. The first kappa shape index (κ1) is 14.2. The van der Waals surface area contributed by atoms with E-state index < -0.39 is 0 Å². The summed E-state index contributed by atoms with van der Waals surface area (Å²) in [6, 6.07) is 8.62. The number of hydrogen-bond donors (Lipinski definition) is 0. The highest BCUT2D eigenvalue weighted by Crippen LogP contribution is 2.23. The second-order valence-corrected chi connectivity index (χ2v) is 5.59. The van der Waals surface area contributed by atoms with Crippen LogP contribution in [0.3, 0.4) is 0 Å². The molecule has 1 aromatic heterocycles. The smallest absolute Gasteiger partial charge is 0.0961 e. The third-order valence-electron chi connectivity index (χ3n) is 4.07. The number of aryl methyl sites for hydroxylation is 1. The monoisotopic (exact) mass is 283 g/mol. The molecule has 1 saturated heterocycles. The van der Waals surface area contributed by atoms with Gasteiger partial charge in [0.25, 0.3) is 0 Å². The number of hydrogen-bond acceptors (Lipinski definition) is 4. The summed E-state index contributed by atoms with van der Waals surface area (Å²) in [6.45, 7) is 8.83. The fourth-order valence-electron chi connectivity index (χ4n) is 2.64. The van der Waals surface area contributed by atoms with E-state index in [1.54, 1.807) is 0 Å². The van der Waals surface area contributed by atoms with Gasteiger partial charge in [-0.2, -0.15) is 10.2 Å². The normalized spacial score (nSPS) is 16.1. The van der Waals surface area contributed by atoms with Crippen molar-refractivity contribution in [2.24, 2.45) is 0 Å². The fraction of sp³-hybridized carbons (Fsp3) is 0.412. The quantitative estimate of drug-likeness (QED) is 0.868. The van der Waals surface area contributed by atoms with Crippen molar-refractivity contribution in [1.82, 2.24) is 15.1 Å². The molecule has 2 aromatic rings. The lowest BCUT2D eigenvalue weighted by Crippen LogP contribution is -2.35. The summed E-state index contributed by atoms with van der Waals surface area (Å²) in [5.74, 6) is 0. The van der Waals surface area contributed by atoms with E-state index in [1.807, 2.05) is 6.20 Å². The lowest BCUT2D eigenvalue weighted by Gasteiger charge is -2.26. The number of ether oxygens (including phenoxy) is 1. The SMILES string of the molecule is Cc1cnnc(-c2cccc(CN3CCOCC3)c2)c1C. The summed E-state index contributed by atoms with van der Waals surface area (Å²) >= 11 is 0. The summed E-state index contributed by atoms with van der Waals surface area (Å²) in [4.78, 5) is 2.43. The highest BCUT2D eigenvalue weighted by molar-refractivity contribution is 5.64. The van der Waals surface area contributed by atoms with Crippen molar-refractivity contribution >= 4 is 0 Å². The molecule has 110 valence electrons. The average Bonchev–Trinajstić information content (AvgIpc) is 2.51. The number of morpholine rings is 1. The Bertz CT molecular complexity index is 621. The predicted octanol–water partition coefficient (Wildman–Crippen LogP) is 2.59. The van der Waals surface area contributed by atoms with Gasteiger partial charge in [-0.3, -0.25) is 4.90 Å². The van der Waals surface area contributed by atoms with E-state index in [-0.39, 0.29) is 0 Å². The summed E-state index contributed by atoms with van der Waals surface area (Å²) < 4.78 is 5.40. The Kier molecular flexibility index (Phi) is 4.27. The van der Waals surface area contributed by atoms with E-state index in [9.17, 15) is 0 Å². The first-order valence-corrected chi connectivity index (χ1v) is 7.42. The van der Waals surface area contributed by atoms with Crippen LogP contribution in [0.1, 0.15) is 16.7 Å². The van der Waals surface area contributed by atoms with Crippen LogP contribution in [0.15, 0.2) is 30.5 Å². The van der Waals surface area contributed by atoms with Gasteiger partial charge in [-0.1, -0.05) is 18.2 Å². The van der Waals surface area contributed by atoms with Gasteiger partial charge in [-0.15, -0.1) is 0 Å². The van der Waals surface area contributed by atoms with Gasteiger partial charge in [0.1, 0.15) is 0 Å². The zero-order valence-electron chi connectivity index (χ0n) is 12.7. The maximum atomic E-state index is 5.40. The molecule has 0 spiro atoms. The highest BCUT2D eigenvalue weighted by atomic mass is 16.5. The molecule has 4 heteroatoms. The van der Waals surface area contributed by atoms with E-state index >= 15 is 0 Å². The van der Waals surface area contributed by atoms with Crippen molar-refractivity contribution in [2.45, 2.75) is 20.4 Å². The van der Waals surface area contributed by atoms with Gasteiger partial charge in [0.05, 0.1) is 25.1 Å². The summed E-state index contributed by atoms with van der Waals surface area (Å²) in [6.07, 6.45) is 1.82. The molecule has 0 saturated carbocycles. The first-order valence-electron chi connectivity index (χ1n) is 7.42. The maximum Gasteiger partial charge on any atom is 0.0961 e. The summed E-state index contributed by atoms with van der Waals surface area (Å²) in [5, 5.41) is 8.40. The first-order chi connectivity index (χ1) is 10.2. The Morgan fingerprint density at radius 2 is 2.00 bits per heavy atom. The van der Waals surface area contributed by atoms with Gasteiger partial charge < -0.3 is 4.74 Å². The fourth-order valence-corrected chi connectivity index (χ4v) is 2.64. The molecule has 0 N–H and O–H groups in total. The zero-order valence-corrected chi connectivity index (χ0v) is 12.7.